The van der Waals surface area contributed by atoms with Crippen molar-refractivity contribution in [2.24, 2.45) is 23.4 Å². The standard InChI is InChI=1S/C21H38N6O.HI/c1-16(2)12-21(9-5-6-10-21)15-24-20(22-13-18-8-7-11-28-18)23-14-19-26-25-17(3)27(19)4;/h16,18H,5-15H2,1-4H3,(H2,22,23,24);1H. The molecule has 0 amide bonds. The zero-order valence-electron chi connectivity index (χ0n) is 18.5. The third kappa shape index (κ3) is 7.08. The van der Waals surface area contributed by atoms with Gasteiger partial charge in [-0.1, -0.05) is 26.7 Å². The Hall–Kier alpha value is -0.900. The Morgan fingerprint density at radius 3 is 2.59 bits per heavy atom. The lowest BCUT2D eigenvalue weighted by Gasteiger charge is -2.32. The van der Waals surface area contributed by atoms with Gasteiger partial charge in [0.15, 0.2) is 11.8 Å². The number of nitrogens with zero attached hydrogens (tertiary/aromatic N) is 4. The fourth-order valence-electron chi connectivity index (χ4n) is 4.64. The molecule has 1 aromatic rings. The van der Waals surface area contributed by atoms with Crippen LogP contribution < -0.4 is 10.6 Å². The van der Waals surface area contributed by atoms with E-state index in [9.17, 15) is 0 Å². The number of hydrogen-bond acceptors (Lipinski definition) is 4. The minimum absolute atomic E-state index is 0. The Balaban J connectivity index is 0.00000300. The van der Waals surface area contributed by atoms with Gasteiger partial charge in [-0.15, -0.1) is 34.2 Å². The number of halogens is 1. The summed E-state index contributed by atoms with van der Waals surface area (Å²) in [6, 6.07) is 0. The van der Waals surface area contributed by atoms with Crippen LogP contribution in [0.15, 0.2) is 4.99 Å². The SMILES string of the molecule is Cc1nnc(CN=C(NCC2CCCO2)NCC2(CC(C)C)CCCC2)n1C.I. The first-order valence-electron chi connectivity index (χ1n) is 11.0. The van der Waals surface area contributed by atoms with Gasteiger partial charge in [0, 0.05) is 26.7 Å². The van der Waals surface area contributed by atoms with Crippen molar-refractivity contribution in [3.05, 3.63) is 11.6 Å². The monoisotopic (exact) mass is 518 g/mol. The van der Waals surface area contributed by atoms with Gasteiger partial charge < -0.3 is 19.9 Å². The Labute approximate surface area is 192 Å². The van der Waals surface area contributed by atoms with Gasteiger partial charge in [0.25, 0.3) is 0 Å². The molecule has 2 fully saturated rings. The van der Waals surface area contributed by atoms with Crippen LogP contribution in [-0.2, 0) is 18.3 Å². The molecular weight excluding hydrogens is 479 g/mol. The highest BCUT2D eigenvalue weighted by Crippen LogP contribution is 2.42. The van der Waals surface area contributed by atoms with Crippen molar-refractivity contribution in [1.82, 2.24) is 25.4 Å². The summed E-state index contributed by atoms with van der Waals surface area (Å²) in [6.07, 6.45) is 9.19. The first-order valence-corrected chi connectivity index (χ1v) is 11.0. The summed E-state index contributed by atoms with van der Waals surface area (Å²) < 4.78 is 7.77. The summed E-state index contributed by atoms with van der Waals surface area (Å²) in [5.41, 5.74) is 0.405. The number of aliphatic imine (C=N–C) groups is 1. The first-order chi connectivity index (χ1) is 13.5. The van der Waals surface area contributed by atoms with Crippen LogP contribution in [0, 0.1) is 18.3 Å². The van der Waals surface area contributed by atoms with E-state index in [-0.39, 0.29) is 24.0 Å². The van der Waals surface area contributed by atoms with Gasteiger partial charge in [0.1, 0.15) is 12.4 Å². The predicted octanol–water partition coefficient (Wildman–Crippen LogP) is 3.56. The maximum atomic E-state index is 5.77. The molecule has 0 bridgehead atoms. The lowest BCUT2D eigenvalue weighted by molar-refractivity contribution is 0.113. The second-order valence-electron chi connectivity index (χ2n) is 9.06. The highest BCUT2D eigenvalue weighted by molar-refractivity contribution is 14.0. The predicted molar refractivity (Wildman–Crippen MR) is 128 cm³/mol. The van der Waals surface area contributed by atoms with E-state index in [0.717, 1.165) is 56.1 Å². The Bertz CT molecular complexity index is 648. The van der Waals surface area contributed by atoms with Crippen molar-refractivity contribution in [2.45, 2.75) is 78.4 Å². The highest BCUT2D eigenvalue weighted by Gasteiger charge is 2.34. The Morgan fingerprint density at radius 1 is 1.24 bits per heavy atom. The summed E-state index contributed by atoms with van der Waals surface area (Å²) in [6.45, 7) is 9.83. The number of nitrogens with one attached hydrogen (secondary N) is 2. The van der Waals surface area contributed by atoms with Gasteiger partial charge in [0.2, 0.25) is 0 Å². The average molecular weight is 518 g/mol. The molecular formula is C21H39IN6O. The zero-order valence-corrected chi connectivity index (χ0v) is 20.9. The molecule has 2 heterocycles. The Morgan fingerprint density at radius 2 is 2.00 bits per heavy atom. The molecule has 1 unspecified atom stereocenters. The van der Waals surface area contributed by atoms with Gasteiger partial charge in [-0.2, -0.15) is 0 Å². The fraction of sp³-hybridized carbons (Fsp3) is 0.857. The molecule has 1 atom stereocenters. The molecule has 2 aliphatic rings. The van der Waals surface area contributed by atoms with Crippen LogP contribution in [0.5, 0.6) is 0 Å². The van der Waals surface area contributed by atoms with Crippen LogP contribution in [0.4, 0.5) is 0 Å². The minimum Gasteiger partial charge on any atom is -0.376 e. The van der Waals surface area contributed by atoms with Crippen molar-refractivity contribution in [3.8, 4) is 0 Å². The number of guanidine groups is 1. The Kier molecular flexibility index (Phi) is 9.65. The largest absolute Gasteiger partial charge is 0.376 e. The molecule has 2 N–H and O–H groups in total. The van der Waals surface area contributed by atoms with Crippen LogP contribution in [0.3, 0.4) is 0 Å². The topological polar surface area (TPSA) is 76.4 Å². The van der Waals surface area contributed by atoms with Crippen molar-refractivity contribution in [3.63, 3.8) is 0 Å². The summed E-state index contributed by atoms with van der Waals surface area (Å²) >= 11 is 0. The number of hydrogen-bond donors (Lipinski definition) is 2. The average Bonchev–Trinajstić information content (AvgIpc) is 3.39. The van der Waals surface area contributed by atoms with Gasteiger partial charge in [-0.3, -0.25) is 0 Å². The molecule has 0 aromatic carbocycles. The molecule has 7 nitrogen and oxygen atoms in total. The number of aryl methyl sites for hydroxylation is 1. The van der Waals surface area contributed by atoms with E-state index in [0.29, 0.717) is 18.1 Å². The third-order valence-electron chi connectivity index (χ3n) is 6.22. The molecule has 166 valence electrons. The maximum Gasteiger partial charge on any atom is 0.191 e. The van der Waals surface area contributed by atoms with Crippen LogP contribution in [-0.4, -0.2) is 46.5 Å². The van der Waals surface area contributed by atoms with E-state index in [1.54, 1.807) is 0 Å². The van der Waals surface area contributed by atoms with Crippen molar-refractivity contribution in [1.29, 1.82) is 0 Å². The molecule has 1 aliphatic carbocycles. The zero-order chi connectivity index (χ0) is 20.0. The van der Waals surface area contributed by atoms with Crippen LogP contribution in [0.1, 0.15) is 70.4 Å². The molecule has 1 saturated carbocycles. The highest BCUT2D eigenvalue weighted by atomic mass is 127. The second kappa shape index (κ2) is 11.5. The van der Waals surface area contributed by atoms with E-state index in [4.69, 9.17) is 9.73 Å². The molecule has 3 rings (SSSR count). The van der Waals surface area contributed by atoms with Crippen LogP contribution >= 0.6 is 24.0 Å². The van der Waals surface area contributed by atoms with E-state index in [2.05, 4.69) is 34.7 Å². The summed E-state index contributed by atoms with van der Waals surface area (Å²) in [5, 5.41) is 15.5. The first kappa shape index (κ1) is 24.4. The second-order valence-corrected chi connectivity index (χ2v) is 9.06. The normalized spacial score (nSPS) is 21.4. The molecule has 1 aromatic heterocycles. The van der Waals surface area contributed by atoms with E-state index in [1.165, 1.54) is 32.1 Å². The number of ether oxygens (including phenoxy) is 1. The lowest BCUT2D eigenvalue weighted by atomic mass is 9.78. The summed E-state index contributed by atoms with van der Waals surface area (Å²) in [7, 11) is 1.99. The molecule has 29 heavy (non-hydrogen) atoms. The van der Waals surface area contributed by atoms with E-state index >= 15 is 0 Å². The quantitative estimate of drug-likeness (QED) is 0.313. The number of rotatable bonds is 8. The minimum atomic E-state index is 0. The lowest BCUT2D eigenvalue weighted by Crippen LogP contribution is -2.45. The van der Waals surface area contributed by atoms with Crippen molar-refractivity contribution in [2.75, 3.05) is 19.7 Å². The van der Waals surface area contributed by atoms with E-state index < -0.39 is 0 Å². The molecule has 8 heteroatoms. The fourth-order valence-corrected chi connectivity index (χ4v) is 4.64. The van der Waals surface area contributed by atoms with Gasteiger partial charge >= 0.3 is 0 Å². The summed E-state index contributed by atoms with van der Waals surface area (Å²) in [4.78, 5) is 4.82. The van der Waals surface area contributed by atoms with Crippen LogP contribution in [0.2, 0.25) is 0 Å². The molecule has 1 aliphatic heterocycles. The van der Waals surface area contributed by atoms with Crippen molar-refractivity contribution >= 4 is 29.9 Å². The maximum absolute atomic E-state index is 5.77. The third-order valence-corrected chi connectivity index (χ3v) is 6.22. The van der Waals surface area contributed by atoms with E-state index in [1.807, 2.05) is 18.5 Å². The molecule has 0 radical (unpaired) electrons. The number of aromatic nitrogens is 3. The molecule has 0 spiro atoms. The molecule has 1 saturated heterocycles. The smallest absolute Gasteiger partial charge is 0.191 e. The van der Waals surface area contributed by atoms with Crippen LogP contribution in [0.25, 0.3) is 0 Å². The summed E-state index contributed by atoms with van der Waals surface area (Å²) in [5.74, 6) is 3.38. The van der Waals surface area contributed by atoms with Gasteiger partial charge in [-0.25, -0.2) is 4.99 Å². The van der Waals surface area contributed by atoms with Crippen molar-refractivity contribution < 1.29 is 4.74 Å². The van der Waals surface area contributed by atoms with Gasteiger partial charge in [-0.05, 0) is 50.4 Å². The van der Waals surface area contributed by atoms with Gasteiger partial charge in [0.05, 0.1) is 6.10 Å².